The maximum Gasteiger partial charge on any atom is 0.330 e. The van der Waals surface area contributed by atoms with Crippen molar-refractivity contribution in [3.05, 3.63) is 87.7 Å². The summed E-state index contributed by atoms with van der Waals surface area (Å²) in [6.45, 7) is 3.78. The molecule has 4 aromatic rings. The lowest BCUT2D eigenvalue weighted by Gasteiger charge is -2.14. The van der Waals surface area contributed by atoms with Gasteiger partial charge in [0.05, 0.1) is 5.39 Å². The van der Waals surface area contributed by atoms with Crippen molar-refractivity contribution >= 4 is 11.0 Å². The second-order valence-electron chi connectivity index (χ2n) is 6.72. The Hall–Kier alpha value is -3.47. The van der Waals surface area contributed by atoms with Crippen molar-refractivity contribution in [2.75, 3.05) is 0 Å². The van der Waals surface area contributed by atoms with Crippen LogP contribution in [0.4, 0.5) is 0 Å². The Morgan fingerprint density at radius 1 is 0.852 bits per heavy atom. The molecule has 27 heavy (non-hydrogen) atoms. The van der Waals surface area contributed by atoms with Gasteiger partial charge in [0.25, 0.3) is 5.56 Å². The average Bonchev–Trinajstić information content (AvgIpc) is 2.68. The number of aromatic nitrogens is 3. The molecule has 5 nitrogen and oxygen atoms in total. The van der Waals surface area contributed by atoms with Crippen LogP contribution in [0.25, 0.3) is 33.3 Å². The van der Waals surface area contributed by atoms with E-state index in [1.165, 1.54) is 4.57 Å². The summed E-state index contributed by atoms with van der Waals surface area (Å²) in [5.74, 6) is 0. The van der Waals surface area contributed by atoms with Crippen molar-refractivity contribution < 1.29 is 0 Å². The van der Waals surface area contributed by atoms with Gasteiger partial charge >= 0.3 is 5.69 Å². The van der Waals surface area contributed by atoms with E-state index < -0.39 is 11.2 Å². The number of benzene rings is 2. The van der Waals surface area contributed by atoms with Crippen LogP contribution in [0.1, 0.15) is 19.9 Å². The largest absolute Gasteiger partial charge is 0.330 e. The first-order valence-electron chi connectivity index (χ1n) is 8.85. The minimum atomic E-state index is -0.438. The van der Waals surface area contributed by atoms with E-state index in [9.17, 15) is 9.59 Å². The highest BCUT2D eigenvalue weighted by Crippen LogP contribution is 2.28. The molecule has 0 saturated heterocycles. The summed E-state index contributed by atoms with van der Waals surface area (Å²) >= 11 is 0. The Kier molecular flexibility index (Phi) is 4.20. The van der Waals surface area contributed by atoms with Gasteiger partial charge in [0, 0.05) is 12.2 Å². The second kappa shape index (κ2) is 6.68. The molecule has 0 saturated carbocycles. The zero-order valence-corrected chi connectivity index (χ0v) is 15.1. The van der Waals surface area contributed by atoms with Crippen molar-refractivity contribution in [1.29, 1.82) is 0 Å². The third-order valence-electron chi connectivity index (χ3n) is 4.64. The number of hydrogen-bond acceptors (Lipinski definition) is 3. The molecule has 0 fully saturated rings. The lowest BCUT2D eigenvalue weighted by Crippen LogP contribution is -2.32. The average molecular weight is 357 g/mol. The number of fused-ring (bicyclic) bond motifs is 1. The minimum absolute atomic E-state index is 0.111. The monoisotopic (exact) mass is 357 g/mol. The summed E-state index contributed by atoms with van der Waals surface area (Å²) in [5, 5.41) is 0.429. The SMILES string of the molecule is CC(C)n1c(=O)[nH]c(=O)c2c(-c3ccc(-c4ccccc4)cc3)ccnc21. The smallest absolute Gasteiger partial charge is 0.275 e. The second-order valence-corrected chi connectivity index (χ2v) is 6.72. The summed E-state index contributed by atoms with van der Waals surface area (Å²) in [6.07, 6.45) is 1.64. The van der Waals surface area contributed by atoms with Gasteiger partial charge in [-0.2, -0.15) is 0 Å². The van der Waals surface area contributed by atoms with Crippen LogP contribution < -0.4 is 11.2 Å². The molecule has 0 aliphatic heterocycles. The Balaban J connectivity index is 1.91. The molecule has 0 unspecified atom stereocenters. The molecule has 2 aromatic heterocycles. The van der Waals surface area contributed by atoms with E-state index >= 15 is 0 Å². The first-order valence-corrected chi connectivity index (χ1v) is 8.85. The van der Waals surface area contributed by atoms with Crippen molar-refractivity contribution in [2.45, 2.75) is 19.9 Å². The number of hydrogen-bond donors (Lipinski definition) is 1. The molecule has 1 N–H and O–H groups in total. The maximum absolute atomic E-state index is 12.5. The lowest BCUT2D eigenvalue weighted by atomic mass is 9.99. The first kappa shape index (κ1) is 17.0. The van der Waals surface area contributed by atoms with Gasteiger partial charge in [-0.15, -0.1) is 0 Å². The van der Waals surface area contributed by atoms with Crippen LogP contribution in [0.5, 0.6) is 0 Å². The fourth-order valence-corrected chi connectivity index (χ4v) is 3.37. The van der Waals surface area contributed by atoms with Crippen LogP contribution in [0, 0.1) is 0 Å². The summed E-state index contributed by atoms with van der Waals surface area (Å²) in [7, 11) is 0. The molecule has 5 heteroatoms. The van der Waals surface area contributed by atoms with E-state index in [4.69, 9.17) is 0 Å². The Morgan fingerprint density at radius 3 is 2.15 bits per heavy atom. The maximum atomic E-state index is 12.5. The molecule has 0 amide bonds. The molecule has 0 radical (unpaired) electrons. The fourth-order valence-electron chi connectivity index (χ4n) is 3.37. The summed E-state index contributed by atoms with van der Waals surface area (Å²) in [4.78, 5) is 31.5. The zero-order chi connectivity index (χ0) is 19.0. The Bertz CT molecular complexity index is 1220. The van der Waals surface area contributed by atoms with Crippen molar-refractivity contribution in [2.24, 2.45) is 0 Å². The van der Waals surface area contributed by atoms with Crippen LogP contribution in [-0.2, 0) is 0 Å². The van der Waals surface area contributed by atoms with Gasteiger partial charge in [0.1, 0.15) is 5.65 Å². The van der Waals surface area contributed by atoms with Crippen LogP contribution in [0.15, 0.2) is 76.4 Å². The predicted molar refractivity (Wildman–Crippen MR) is 108 cm³/mol. The minimum Gasteiger partial charge on any atom is -0.275 e. The van der Waals surface area contributed by atoms with E-state index in [2.05, 4.69) is 22.1 Å². The van der Waals surface area contributed by atoms with Gasteiger partial charge in [0.15, 0.2) is 0 Å². The molecule has 134 valence electrons. The topological polar surface area (TPSA) is 67.8 Å². The number of rotatable bonds is 3. The molecule has 2 heterocycles. The molecular weight excluding hydrogens is 338 g/mol. The summed E-state index contributed by atoms with van der Waals surface area (Å²) in [5.41, 5.74) is 3.45. The molecule has 0 atom stereocenters. The van der Waals surface area contributed by atoms with E-state index in [-0.39, 0.29) is 6.04 Å². The standard InChI is InChI=1S/C22H19N3O2/c1-14(2)25-20-19(21(26)24-22(25)27)18(12-13-23-20)17-10-8-16(9-11-17)15-6-4-3-5-7-15/h3-14H,1-2H3,(H,24,26,27). The zero-order valence-electron chi connectivity index (χ0n) is 15.1. The quantitative estimate of drug-likeness (QED) is 0.603. The van der Waals surface area contributed by atoms with E-state index in [1.807, 2.05) is 62.4 Å². The fraction of sp³-hybridized carbons (Fsp3) is 0.136. The van der Waals surface area contributed by atoms with E-state index in [1.54, 1.807) is 6.20 Å². The number of pyridine rings is 1. The number of H-pyrrole nitrogens is 1. The van der Waals surface area contributed by atoms with Crippen molar-refractivity contribution in [1.82, 2.24) is 14.5 Å². The van der Waals surface area contributed by atoms with Crippen LogP contribution in [-0.4, -0.2) is 14.5 Å². The Labute approximate surface area is 156 Å². The normalized spacial score (nSPS) is 11.2. The number of aromatic amines is 1. The van der Waals surface area contributed by atoms with Crippen molar-refractivity contribution in [3.63, 3.8) is 0 Å². The molecule has 0 aliphatic carbocycles. The van der Waals surface area contributed by atoms with Gasteiger partial charge in [-0.1, -0.05) is 54.6 Å². The molecule has 0 bridgehead atoms. The van der Waals surface area contributed by atoms with Gasteiger partial charge in [-0.05, 0) is 42.2 Å². The van der Waals surface area contributed by atoms with Gasteiger partial charge < -0.3 is 0 Å². The first-order chi connectivity index (χ1) is 13.1. The van der Waals surface area contributed by atoms with Gasteiger partial charge in [-0.3, -0.25) is 14.3 Å². The molecular formula is C22H19N3O2. The van der Waals surface area contributed by atoms with Gasteiger partial charge in [-0.25, -0.2) is 9.78 Å². The third kappa shape index (κ3) is 2.97. The lowest BCUT2D eigenvalue weighted by molar-refractivity contribution is 0.579. The summed E-state index contributed by atoms with van der Waals surface area (Å²) < 4.78 is 1.51. The molecule has 2 aromatic carbocycles. The molecule has 4 rings (SSSR count). The van der Waals surface area contributed by atoms with Gasteiger partial charge in [0.2, 0.25) is 0 Å². The van der Waals surface area contributed by atoms with E-state index in [0.717, 1.165) is 22.3 Å². The highest BCUT2D eigenvalue weighted by molar-refractivity contribution is 5.92. The summed E-state index contributed by atoms with van der Waals surface area (Å²) in [6, 6.07) is 19.8. The predicted octanol–water partition coefficient (Wildman–Crippen LogP) is 4.00. The molecule has 0 spiro atoms. The van der Waals surface area contributed by atoms with E-state index in [0.29, 0.717) is 11.0 Å². The third-order valence-corrected chi connectivity index (χ3v) is 4.64. The highest BCUT2D eigenvalue weighted by Gasteiger charge is 2.15. The van der Waals surface area contributed by atoms with Crippen LogP contribution in [0.3, 0.4) is 0 Å². The Morgan fingerprint density at radius 2 is 1.48 bits per heavy atom. The van der Waals surface area contributed by atoms with Crippen LogP contribution >= 0.6 is 0 Å². The molecule has 0 aliphatic rings. The number of nitrogens with zero attached hydrogens (tertiary/aromatic N) is 2. The van der Waals surface area contributed by atoms with Crippen LogP contribution in [0.2, 0.25) is 0 Å². The number of nitrogens with one attached hydrogen (secondary N) is 1. The highest BCUT2D eigenvalue weighted by atomic mass is 16.2. The van der Waals surface area contributed by atoms with Crippen molar-refractivity contribution in [3.8, 4) is 22.3 Å².